The van der Waals surface area contributed by atoms with Crippen molar-refractivity contribution in [1.29, 1.82) is 0 Å². The van der Waals surface area contributed by atoms with Gasteiger partial charge in [-0.1, -0.05) is 31.1 Å². The largest absolute Gasteiger partial charge is 0.493 e. The van der Waals surface area contributed by atoms with E-state index in [4.69, 9.17) is 9.47 Å². The second kappa shape index (κ2) is 11.1. The van der Waals surface area contributed by atoms with Gasteiger partial charge in [0.2, 0.25) is 0 Å². The van der Waals surface area contributed by atoms with E-state index in [1.807, 2.05) is 0 Å². The maximum absolute atomic E-state index is 13.2. The van der Waals surface area contributed by atoms with Crippen molar-refractivity contribution in [3.8, 4) is 11.5 Å². The summed E-state index contributed by atoms with van der Waals surface area (Å²) in [6.45, 7) is 3.84. The second-order valence-electron chi connectivity index (χ2n) is 8.85. The lowest BCUT2D eigenvalue weighted by Gasteiger charge is -2.31. The first kappa shape index (κ1) is 25.6. The van der Waals surface area contributed by atoms with Crippen LogP contribution in [0, 0.1) is 10.1 Å². The topological polar surface area (TPSA) is 128 Å². The highest BCUT2D eigenvalue weighted by atomic mass is 16.6. The summed E-state index contributed by atoms with van der Waals surface area (Å²) in [6, 6.07) is 8.60. The molecule has 2 fully saturated rings. The first-order valence-electron chi connectivity index (χ1n) is 11.9. The zero-order chi connectivity index (χ0) is 26.5. The highest BCUT2D eigenvalue weighted by Crippen LogP contribution is 2.36. The summed E-state index contributed by atoms with van der Waals surface area (Å²) in [5.41, 5.74) is 1.62. The predicted octanol–water partition coefficient (Wildman–Crippen LogP) is 4.32. The number of benzene rings is 2. The molecule has 1 aliphatic carbocycles. The number of rotatable bonds is 9. The molecule has 2 aromatic carbocycles. The van der Waals surface area contributed by atoms with Crippen molar-refractivity contribution in [1.82, 2.24) is 10.2 Å². The number of hydrogen-bond acceptors (Lipinski definition) is 7. The lowest BCUT2D eigenvalue weighted by atomic mass is 10.0. The van der Waals surface area contributed by atoms with Gasteiger partial charge in [0.1, 0.15) is 12.2 Å². The highest BCUT2D eigenvalue weighted by Gasteiger charge is 2.40. The number of urea groups is 1. The van der Waals surface area contributed by atoms with Gasteiger partial charge in [0.05, 0.1) is 12.0 Å². The van der Waals surface area contributed by atoms with E-state index >= 15 is 0 Å². The normalized spacial score (nSPS) is 17.2. The van der Waals surface area contributed by atoms with Crippen molar-refractivity contribution < 1.29 is 28.8 Å². The van der Waals surface area contributed by atoms with E-state index in [0.29, 0.717) is 47.5 Å². The molecule has 2 aliphatic rings. The van der Waals surface area contributed by atoms with Crippen LogP contribution in [0.3, 0.4) is 0 Å². The number of hydrogen-bond donors (Lipinski definition) is 1. The molecule has 37 heavy (non-hydrogen) atoms. The molecule has 0 aromatic heterocycles. The Hall–Kier alpha value is -4.47. The molecule has 1 N–H and O–H groups in total. The second-order valence-corrected chi connectivity index (χ2v) is 8.85. The Bertz CT molecular complexity index is 1290. The third kappa shape index (κ3) is 5.53. The molecule has 0 atom stereocenters. The average molecular weight is 506 g/mol. The molecule has 1 saturated carbocycles. The number of methoxy groups -OCH3 is 1. The number of carbonyl (C=O) groups is 3. The zero-order valence-electron chi connectivity index (χ0n) is 20.4. The van der Waals surface area contributed by atoms with E-state index in [1.165, 1.54) is 25.3 Å². The van der Waals surface area contributed by atoms with Crippen LogP contribution in [0.5, 0.6) is 11.5 Å². The van der Waals surface area contributed by atoms with E-state index in [0.717, 1.165) is 17.7 Å². The Morgan fingerprint density at radius 2 is 1.95 bits per heavy atom. The van der Waals surface area contributed by atoms with E-state index in [2.05, 4.69) is 11.9 Å². The molecule has 4 amide bonds. The highest BCUT2D eigenvalue weighted by molar-refractivity contribution is 6.31. The quantitative estimate of drug-likeness (QED) is 0.177. The van der Waals surface area contributed by atoms with Crippen LogP contribution in [0.4, 0.5) is 10.5 Å². The van der Waals surface area contributed by atoms with Crippen LogP contribution in [0.25, 0.3) is 6.08 Å². The van der Waals surface area contributed by atoms with Crippen LogP contribution in [-0.2, 0) is 22.6 Å². The maximum atomic E-state index is 13.2. The summed E-state index contributed by atoms with van der Waals surface area (Å²) >= 11 is 0. The summed E-state index contributed by atoms with van der Waals surface area (Å²) in [5.74, 6) is -0.599. The van der Waals surface area contributed by atoms with Crippen molar-refractivity contribution in [2.24, 2.45) is 0 Å². The number of amides is 4. The fourth-order valence-corrected chi connectivity index (χ4v) is 4.64. The van der Waals surface area contributed by atoms with Crippen molar-refractivity contribution in [3.05, 3.63) is 81.4 Å². The first-order chi connectivity index (χ1) is 17.8. The zero-order valence-corrected chi connectivity index (χ0v) is 20.4. The molecule has 192 valence electrons. The minimum Gasteiger partial charge on any atom is -0.493 e. The molecule has 4 rings (SSSR count). The van der Waals surface area contributed by atoms with Gasteiger partial charge in [-0.15, -0.1) is 6.58 Å². The molecule has 0 unspecified atom stereocenters. The van der Waals surface area contributed by atoms with Crippen molar-refractivity contribution in [3.63, 3.8) is 0 Å². The van der Waals surface area contributed by atoms with E-state index < -0.39 is 22.8 Å². The lowest BCUT2D eigenvalue weighted by molar-refractivity contribution is -0.384. The Labute approximate surface area is 213 Å². The molecule has 1 saturated heterocycles. The predicted molar refractivity (Wildman–Crippen MR) is 135 cm³/mol. The number of carbonyl (C=O) groups excluding carboxylic acids is 3. The van der Waals surface area contributed by atoms with Gasteiger partial charge in [0, 0.05) is 23.7 Å². The van der Waals surface area contributed by atoms with Gasteiger partial charge in [-0.05, 0) is 48.6 Å². The Morgan fingerprint density at radius 3 is 2.62 bits per heavy atom. The molecule has 0 spiro atoms. The molecule has 1 aliphatic heterocycles. The van der Waals surface area contributed by atoms with Crippen LogP contribution in [0.15, 0.2) is 54.6 Å². The molecule has 2 aromatic rings. The first-order valence-corrected chi connectivity index (χ1v) is 11.9. The number of barbiturate groups is 1. The van der Waals surface area contributed by atoms with Gasteiger partial charge in [-0.2, -0.15) is 0 Å². The van der Waals surface area contributed by atoms with Gasteiger partial charge in [-0.25, -0.2) is 4.79 Å². The summed E-state index contributed by atoms with van der Waals surface area (Å²) in [4.78, 5) is 49.9. The standard InChI is InChI=1S/C27H27N3O7/c1-3-7-19-12-18(14-22-25(31)28-27(33)29(26(22)32)20-9-4-5-10-20)15-23(36-2)24(19)37-16-17-8-6-11-21(13-17)30(34)35/h3,6,8,11-15,20H,1,4-5,7,9-10,16H2,2H3,(H,28,31,33)/b22-14+. The van der Waals surface area contributed by atoms with Crippen molar-refractivity contribution >= 4 is 29.6 Å². The number of imide groups is 2. The van der Waals surface area contributed by atoms with Crippen LogP contribution in [0.2, 0.25) is 0 Å². The molecule has 0 radical (unpaired) electrons. The van der Waals surface area contributed by atoms with Gasteiger partial charge in [-0.3, -0.25) is 29.9 Å². The summed E-state index contributed by atoms with van der Waals surface area (Å²) in [5, 5.41) is 13.4. The average Bonchev–Trinajstić information content (AvgIpc) is 3.40. The van der Waals surface area contributed by atoms with Crippen molar-refractivity contribution in [2.75, 3.05) is 7.11 Å². The number of nitro groups is 1. The Kier molecular flexibility index (Phi) is 7.66. The number of ether oxygens (including phenoxy) is 2. The molecular formula is C27H27N3O7. The molecule has 10 heteroatoms. The van der Waals surface area contributed by atoms with Crippen LogP contribution < -0.4 is 14.8 Å². The number of nitrogens with one attached hydrogen (secondary N) is 1. The SMILES string of the molecule is C=CCc1cc(/C=C2\C(=O)NC(=O)N(C3CCCC3)C2=O)cc(OC)c1OCc1cccc([N+](=O)[O-])c1. The lowest BCUT2D eigenvalue weighted by Crippen LogP contribution is -2.57. The van der Waals surface area contributed by atoms with Crippen LogP contribution in [-0.4, -0.2) is 40.8 Å². The van der Waals surface area contributed by atoms with E-state index in [1.54, 1.807) is 30.3 Å². The monoisotopic (exact) mass is 505 g/mol. The molecular weight excluding hydrogens is 478 g/mol. The van der Waals surface area contributed by atoms with E-state index in [9.17, 15) is 24.5 Å². The number of nitrogens with zero attached hydrogens (tertiary/aromatic N) is 2. The molecule has 0 bridgehead atoms. The minimum atomic E-state index is -0.750. The third-order valence-corrected chi connectivity index (χ3v) is 6.38. The van der Waals surface area contributed by atoms with Crippen LogP contribution in [0.1, 0.15) is 42.4 Å². The van der Waals surface area contributed by atoms with Gasteiger partial charge in [0.25, 0.3) is 17.5 Å². The fraction of sp³-hybridized carbons (Fsp3) is 0.296. The summed E-state index contributed by atoms with van der Waals surface area (Å²) in [6.07, 6.45) is 6.78. The maximum Gasteiger partial charge on any atom is 0.331 e. The van der Waals surface area contributed by atoms with Crippen LogP contribution >= 0.6 is 0 Å². The van der Waals surface area contributed by atoms with Crippen molar-refractivity contribution in [2.45, 2.75) is 44.8 Å². The number of nitro benzene ring substituents is 1. The Morgan fingerprint density at radius 1 is 1.19 bits per heavy atom. The van der Waals surface area contributed by atoms with Gasteiger partial charge < -0.3 is 9.47 Å². The van der Waals surface area contributed by atoms with Gasteiger partial charge >= 0.3 is 6.03 Å². The molecule has 1 heterocycles. The minimum absolute atomic E-state index is 0.0399. The molecule has 10 nitrogen and oxygen atoms in total. The smallest absolute Gasteiger partial charge is 0.331 e. The number of non-ortho nitro benzene ring substituents is 1. The summed E-state index contributed by atoms with van der Waals surface area (Å²) < 4.78 is 11.5. The Balaban J connectivity index is 1.65. The summed E-state index contributed by atoms with van der Waals surface area (Å²) in [7, 11) is 1.46. The number of allylic oxidation sites excluding steroid dienone is 1. The van der Waals surface area contributed by atoms with Gasteiger partial charge in [0.15, 0.2) is 11.5 Å². The third-order valence-electron chi connectivity index (χ3n) is 6.38. The van der Waals surface area contributed by atoms with E-state index in [-0.39, 0.29) is 23.9 Å². The fourth-order valence-electron chi connectivity index (χ4n) is 4.64.